The van der Waals surface area contributed by atoms with Gasteiger partial charge in [0.1, 0.15) is 23.9 Å². The van der Waals surface area contributed by atoms with Gasteiger partial charge in [-0.3, -0.25) is 14.5 Å². The highest BCUT2D eigenvalue weighted by molar-refractivity contribution is 6.08. The predicted molar refractivity (Wildman–Crippen MR) is 239 cm³/mol. The van der Waals surface area contributed by atoms with E-state index in [4.69, 9.17) is 18.9 Å². The van der Waals surface area contributed by atoms with Crippen LogP contribution < -0.4 is 19.1 Å². The number of fused-ring (bicyclic) bond motifs is 1. The molecule has 0 saturated carbocycles. The Morgan fingerprint density at radius 2 is 1.54 bits per heavy atom. The molecule has 0 unspecified atom stereocenters. The largest absolute Gasteiger partial charge is 0.496 e. The summed E-state index contributed by atoms with van der Waals surface area (Å²) in [6, 6.07) is 37.3. The average molecular weight is 855 g/mol. The summed E-state index contributed by atoms with van der Waals surface area (Å²) in [6.07, 6.45) is 0.645. The highest BCUT2D eigenvalue weighted by Gasteiger charge is 2.34. The third-order valence-electron chi connectivity index (χ3n) is 12.3. The van der Waals surface area contributed by atoms with Gasteiger partial charge in [0.15, 0.2) is 0 Å². The average Bonchev–Trinajstić information content (AvgIpc) is 3.60. The van der Waals surface area contributed by atoms with Crippen LogP contribution in [-0.4, -0.2) is 78.8 Å². The summed E-state index contributed by atoms with van der Waals surface area (Å²) >= 11 is 0. The first-order valence-electron chi connectivity index (χ1n) is 21.2. The highest BCUT2D eigenvalue weighted by Crippen LogP contribution is 2.36. The Bertz CT molecular complexity index is 2560. The summed E-state index contributed by atoms with van der Waals surface area (Å²) in [6.45, 7) is 5.12. The van der Waals surface area contributed by atoms with Crippen molar-refractivity contribution in [1.82, 2.24) is 14.4 Å². The van der Waals surface area contributed by atoms with Gasteiger partial charge in [0.25, 0.3) is 11.8 Å². The Morgan fingerprint density at radius 1 is 0.825 bits per heavy atom. The number of alkyl halides is 2. The van der Waals surface area contributed by atoms with Crippen molar-refractivity contribution < 1.29 is 37.3 Å². The zero-order valence-corrected chi connectivity index (χ0v) is 36.1. The van der Waals surface area contributed by atoms with E-state index in [2.05, 4.69) is 11.0 Å². The van der Waals surface area contributed by atoms with Crippen molar-refractivity contribution >= 4 is 17.5 Å². The zero-order chi connectivity index (χ0) is 44.0. The van der Waals surface area contributed by atoms with Crippen molar-refractivity contribution in [3.05, 3.63) is 166 Å². The molecule has 0 radical (unpaired) electrons. The van der Waals surface area contributed by atoms with Crippen LogP contribution in [0.25, 0.3) is 11.3 Å². The Hall–Kier alpha value is -6.50. The quantitative estimate of drug-likeness (QED) is 0.108. The van der Waals surface area contributed by atoms with E-state index in [1.807, 2.05) is 121 Å². The first-order chi connectivity index (χ1) is 30.6. The second kappa shape index (κ2) is 19.3. The maximum atomic E-state index is 15.1. The smallest absolute Gasteiger partial charge is 0.387 e. The zero-order valence-electron chi connectivity index (χ0n) is 36.1. The van der Waals surface area contributed by atoms with Crippen LogP contribution in [0.1, 0.15) is 54.2 Å². The maximum Gasteiger partial charge on any atom is 0.387 e. The molecule has 1 fully saturated rings. The number of amides is 2. The van der Waals surface area contributed by atoms with Crippen LogP contribution in [0.15, 0.2) is 121 Å². The maximum absolute atomic E-state index is 15.1. The first-order valence-corrected chi connectivity index (χ1v) is 21.2. The number of rotatable bonds is 14. The molecule has 0 aliphatic carbocycles. The minimum Gasteiger partial charge on any atom is -0.496 e. The third kappa shape index (κ3) is 9.62. The summed E-state index contributed by atoms with van der Waals surface area (Å²) < 4.78 is 51.5. The van der Waals surface area contributed by atoms with Crippen LogP contribution >= 0.6 is 0 Å². The molecule has 0 bridgehead atoms. The molecule has 2 aliphatic heterocycles. The lowest BCUT2D eigenvalue weighted by atomic mass is 9.92. The number of methoxy groups -OCH3 is 1. The van der Waals surface area contributed by atoms with Crippen molar-refractivity contribution in [2.45, 2.75) is 52.6 Å². The van der Waals surface area contributed by atoms with Gasteiger partial charge < -0.3 is 33.3 Å². The van der Waals surface area contributed by atoms with E-state index in [1.54, 1.807) is 24.1 Å². The molecule has 10 nitrogen and oxygen atoms in total. The summed E-state index contributed by atoms with van der Waals surface area (Å²) in [7, 11) is 3.46. The van der Waals surface area contributed by atoms with Crippen LogP contribution in [0.4, 0.5) is 14.5 Å². The number of morpholine rings is 1. The number of aromatic nitrogens is 1. The van der Waals surface area contributed by atoms with E-state index in [-0.39, 0.29) is 35.7 Å². The number of halogens is 2. The van der Waals surface area contributed by atoms with Gasteiger partial charge in [-0.15, -0.1) is 0 Å². The highest BCUT2D eigenvalue weighted by atomic mass is 19.3. The molecule has 8 rings (SSSR count). The molecular formula is C51H52F2N4O6. The van der Waals surface area contributed by atoms with Gasteiger partial charge in [-0.25, -0.2) is 0 Å². The third-order valence-corrected chi connectivity index (χ3v) is 12.3. The van der Waals surface area contributed by atoms with E-state index in [1.165, 1.54) is 17.7 Å². The van der Waals surface area contributed by atoms with Crippen LogP contribution in [0.5, 0.6) is 17.2 Å². The lowest BCUT2D eigenvalue weighted by Gasteiger charge is -2.40. The topological polar surface area (TPSA) is 85.7 Å². The summed E-state index contributed by atoms with van der Waals surface area (Å²) in [5, 5.41) is 0. The molecule has 2 amide bonds. The van der Waals surface area contributed by atoms with Crippen molar-refractivity contribution in [1.29, 1.82) is 0 Å². The number of carbonyl (C=O) groups is 2. The number of anilines is 1. The van der Waals surface area contributed by atoms with Crippen molar-refractivity contribution in [2.24, 2.45) is 7.05 Å². The second-order valence-electron chi connectivity index (χ2n) is 16.1. The lowest BCUT2D eigenvalue weighted by Crippen LogP contribution is -2.52. The molecule has 2 aliphatic rings. The summed E-state index contributed by atoms with van der Waals surface area (Å²) in [5.74, 6) is 0.667. The van der Waals surface area contributed by atoms with Gasteiger partial charge in [0.05, 0.1) is 38.0 Å². The number of ether oxygens (including phenoxy) is 4. The number of benzene rings is 5. The van der Waals surface area contributed by atoms with E-state index in [0.717, 1.165) is 35.3 Å². The molecule has 63 heavy (non-hydrogen) atoms. The number of hydrogen-bond donors (Lipinski definition) is 0. The SMILES string of the molecule is COc1cccc(CN(C(=O)c2cc(-c3ccc(OC(F)F)cc3C(=O)N3Cc4ccccc4C[C@H]3CN3CCOCC3)n(C)c2C)c2ccc(OCc3ccccc3)cc2)c1C. The Balaban J connectivity index is 1.16. The van der Waals surface area contributed by atoms with Crippen LogP contribution in [0, 0.1) is 13.8 Å². The van der Waals surface area contributed by atoms with Crippen LogP contribution in [0.3, 0.4) is 0 Å². The molecule has 1 aromatic heterocycles. The van der Waals surface area contributed by atoms with Crippen LogP contribution in [-0.2, 0) is 37.9 Å². The fraction of sp³-hybridized carbons (Fsp3) is 0.294. The fourth-order valence-corrected chi connectivity index (χ4v) is 8.61. The van der Waals surface area contributed by atoms with E-state index >= 15 is 9.59 Å². The molecule has 1 atom stereocenters. The van der Waals surface area contributed by atoms with Crippen molar-refractivity contribution in [3.8, 4) is 28.5 Å². The molecule has 5 aromatic carbocycles. The van der Waals surface area contributed by atoms with Gasteiger partial charge in [0.2, 0.25) is 0 Å². The first kappa shape index (κ1) is 43.2. The fourth-order valence-electron chi connectivity index (χ4n) is 8.61. The number of nitrogens with zero attached hydrogens (tertiary/aromatic N) is 4. The molecule has 0 spiro atoms. The van der Waals surface area contributed by atoms with Gasteiger partial charge in [-0.05, 0) is 103 Å². The normalized spacial score (nSPS) is 15.2. The minimum atomic E-state index is -3.08. The van der Waals surface area contributed by atoms with Gasteiger partial charge in [-0.2, -0.15) is 8.78 Å². The lowest BCUT2D eigenvalue weighted by molar-refractivity contribution is -0.0499. The van der Waals surface area contributed by atoms with Crippen molar-refractivity contribution in [2.75, 3.05) is 44.9 Å². The van der Waals surface area contributed by atoms with Gasteiger partial charge >= 0.3 is 6.61 Å². The predicted octanol–water partition coefficient (Wildman–Crippen LogP) is 9.24. The molecule has 3 heterocycles. The molecule has 6 aromatic rings. The second-order valence-corrected chi connectivity index (χ2v) is 16.1. The number of carbonyl (C=O) groups excluding carboxylic acids is 2. The minimum absolute atomic E-state index is 0.127. The Morgan fingerprint density at radius 3 is 2.27 bits per heavy atom. The van der Waals surface area contributed by atoms with E-state index < -0.39 is 6.61 Å². The number of hydrogen-bond acceptors (Lipinski definition) is 7. The van der Waals surface area contributed by atoms with E-state index in [9.17, 15) is 8.78 Å². The molecule has 0 N–H and O–H groups in total. The van der Waals surface area contributed by atoms with E-state index in [0.29, 0.717) is 79.0 Å². The Kier molecular flexibility index (Phi) is 13.2. The molecule has 326 valence electrons. The monoisotopic (exact) mass is 854 g/mol. The summed E-state index contributed by atoms with van der Waals surface area (Å²) in [4.78, 5) is 36.1. The summed E-state index contributed by atoms with van der Waals surface area (Å²) in [5.41, 5.74) is 8.07. The Labute approximate surface area is 367 Å². The van der Waals surface area contributed by atoms with Gasteiger partial charge in [0, 0.05) is 61.9 Å². The van der Waals surface area contributed by atoms with Crippen LogP contribution in [0.2, 0.25) is 0 Å². The molecular weight excluding hydrogens is 803 g/mol. The van der Waals surface area contributed by atoms with Crippen molar-refractivity contribution in [3.63, 3.8) is 0 Å². The standard InChI is InChI=1S/C51H52F2N4O6/c1-34-38(15-10-16-48(34)60-4)30-56(40-17-19-42(20-18-40)62-33-36-11-6-5-7-12-36)49(58)45-29-47(54(3)35(45)2)44-22-21-43(63-51(52)53)28-46(44)50(59)57-31-39-14-9-8-13-37(39)27-41(57)32-55-23-25-61-26-24-55/h5-22,28-29,41,51H,23-27,30-33H2,1-4H3/t41-/m0/s1. The molecule has 12 heteroatoms. The molecule has 1 saturated heterocycles. The van der Waals surface area contributed by atoms with Gasteiger partial charge in [-0.1, -0.05) is 66.7 Å².